The van der Waals surface area contributed by atoms with Crippen LogP contribution in [-0.4, -0.2) is 35.1 Å². The van der Waals surface area contributed by atoms with E-state index in [4.69, 9.17) is 16.7 Å². The van der Waals surface area contributed by atoms with Crippen LogP contribution < -0.4 is 5.32 Å². The molecule has 3 rings (SSSR count). The fourth-order valence-electron chi connectivity index (χ4n) is 3.29. The third-order valence-electron chi connectivity index (χ3n) is 4.95. The lowest BCUT2D eigenvalue weighted by Crippen LogP contribution is -2.44. The third-order valence-corrected chi connectivity index (χ3v) is 5.21. The standard InChI is InChI=1S/C17H21ClN2O3/c18-14-6-4-12(5-7-14)15(11-2-1-3-11)19-17(23)20-9-8-13(10-20)16(21)22/h4-7,11,13,15H,1-3,8-10H2,(H,19,23)(H,21,22). The number of carbonyl (C=O) groups excluding carboxylic acids is 1. The summed E-state index contributed by atoms with van der Waals surface area (Å²) in [7, 11) is 0. The maximum absolute atomic E-state index is 12.5. The van der Waals surface area contributed by atoms with Crippen molar-refractivity contribution in [3.8, 4) is 0 Å². The van der Waals surface area contributed by atoms with Crippen LogP contribution in [0, 0.1) is 11.8 Å². The minimum Gasteiger partial charge on any atom is -0.481 e. The number of nitrogens with one attached hydrogen (secondary N) is 1. The average Bonchev–Trinajstić information content (AvgIpc) is 2.95. The van der Waals surface area contributed by atoms with Crippen molar-refractivity contribution in [2.75, 3.05) is 13.1 Å². The van der Waals surface area contributed by atoms with Crippen molar-refractivity contribution in [2.24, 2.45) is 11.8 Å². The molecule has 1 aromatic carbocycles. The number of likely N-dealkylation sites (tertiary alicyclic amines) is 1. The summed E-state index contributed by atoms with van der Waals surface area (Å²) in [5.41, 5.74) is 1.06. The molecule has 1 aromatic rings. The van der Waals surface area contributed by atoms with Gasteiger partial charge in [0.05, 0.1) is 12.0 Å². The van der Waals surface area contributed by atoms with Gasteiger partial charge in [-0.2, -0.15) is 0 Å². The fraction of sp³-hybridized carbons (Fsp3) is 0.529. The van der Waals surface area contributed by atoms with Crippen LogP contribution in [0.4, 0.5) is 4.79 Å². The van der Waals surface area contributed by atoms with Crippen LogP contribution in [0.25, 0.3) is 0 Å². The maximum atomic E-state index is 12.5. The van der Waals surface area contributed by atoms with Crippen LogP contribution in [0.5, 0.6) is 0 Å². The van der Waals surface area contributed by atoms with Crippen LogP contribution in [0.15, 0.2) is 24.3 Å². The summed E-state index contributed by atoms with van der Waals surface area (Å²) in [6.45, 7) is 0.792. The average molecular weight is 337 g/mol. The number of rotatable bonds is 4. The van der Waals surface area contributed by atoms with Crippen molar-refractivity contribution >= 4 is 23.6 Å². The highest BCUT2D eigenvalue weighted by atomic mass is 35.5. The predicted molar refractivity (Wildman–Crippen MR) is 87.4 cm³/mol. The number of carboxylic acid groups (broad SMARTS) is 1. The van der Waals surface area contributed by atoms with E-state index in [2.05, 4.69) is 5.32 Å². The van der Waals surface area contributed by atoms with Crippen LogP contribution >= 0.6 is 11.6 Å². The van der Waals surface area contributed by atoms with Crippen LogP contribution in [0.1, 0.15) is 37.3 Å². The number of hydrogen-bond acceptors (Lipinski definition) is 2. The van der Waals surface area contributed by atoms with E-state index in [1.54, 1.807) is 4.90 Å². The van der Waals surface area contributed by atoms with E-state index in [0.717, 1.165) is 18.4 Å². The zero-order valence-corrected chi connectivity index (χ0v) is 13.6. The van der Waals surface area contributed by atoms with Crippen LogP contribution in [-0.2, 0) is 4.79 Å². The molecular weight excluding hydrogens is 316 g/mol. The molecule has 1 aliphatic heterocycles. The minimum atomic E-state index is -0.825. The van der Waals surface area contributed by atoms with Gasteiger partial charge < -0.3 is 15.3 Å². The molecule has 5 nitrogen and oxygen atoms in total. The molecule has 0 aromatic heterocycles. The van der Waals surface area contributed by atoms with Crippen molar-refractivity contribution in [1.82, 2.24) is 10.2 Å². The van der Waals surface area contributed by atoms with Gasteiger partial charge in [0.1, 0.15) is 0 Å². The Morgan fingerprint density at radius 3 is 2.43 bits per heavy atom. The molecule has 0 bridgehead atoms. The number of hydrogen-bond donors (Lipinski definition) is 2. The Kier molecular flexibility index (Phi) is 4.76. The number of aliphatic carboxylic acids is 1. The lowest BCUT2D eigenvalue weighted by Gasteiger charge is -2.35. The van der Waals surface area contributed by atoms with Crippen LogP contribution in [0.3, 0.4) is 0 Å². The molecule has 2 unspecified atom stereocenters. The highest BCUT2D eigenvalue weighted by Crippen LogP contribution is 2.38. The Balaban J connectivity index is 1.68. The molecule has 1 saturated heterocycles. The van der Waals surface area contributed by atoms with Gasteiger partial charge >= 0.3 is 12.0 Å². The molecule has 2 aliphatic rings. The molecule has 2 atom stereocenters. The topological polar surface area (TPSA) is 69.6 Å². The molecular formula is C17H21ClN2O3. The first-order valence-corrected chi connectivity index (χ1v) is 8.46. The lowest BCUT2D eigenvalue weighted by atomic mass is 9.77. The quantitative estimate of drug-likeness (QED) is 0.886. The number of benzene rings is 1. The van der Waals surface area contributed by atoms with Gasteiger partial charge in [0, 0.05) is 18.1 Å². The Hall–Kier alpha value is -1.75. The molecule has 6 heteroatoms. The first-order valence-electron chi connectivity index (χ1n) is 8.08. The summed E-state index contributed by atoms with van der Waals surface area (Å²) < 4.78 is 0. The second-order valence-corrected chi connectivity index (χ2v) is 6.88. The number of carbonyl (C=O) groups is 2. The van der Waals surface area contributed by atoms with E-state index in [0.29, 0.717) is 30.5 Å². The molecule has 1 aliphatic carbocycles. The molecule has 0 radical (unpaired) electrons. The number of carboxylic acids is 1. The van der Waals surface area contributed by atoms with Gasteiger partial charge in [-0.25, -0.2) is 4.79 Å². The van der Waals surface area contributed by atoms with Gasteiger partial charge in [-0.15, -0.1) is 0 Å². The normalized spacial score (nSPS) is 22.5. The second kappa shape index (κ2) is 6.79. The lowest BCUT2D eigenvalue weighted by molar-refractivity contribution is -0.141. The van der Waals surface area contributed by atoms with E-state index < -0.39 is 11.9 Å². The molecule has 124 valence electrons. The molecule has 2 amide bonds. The summed E-state index contributed by atoms with van der Waals surface area (Å²) in [5.74, 6) is -0.829. The summed E-state index contributed by atoms with van der Waals surface area (Å²) >= 11 is 5.95. The van der Waals surface area contributed by atoms with Gasteiger partial charge in [0.25, 0.3) is 0 Å². The molecule has 23 heavy (non-hydrogen) atoms. The molecule has 1 saturated carbocycles. The van der Waals surface area contributed by atoms with E-state index in [1.165, 1.54) is 6.42 Å². The van der Waals surface area contributed by atoms with Crippen molar-refractivity contribution in [3.63, 3.8) is 0 Å². The summed E-state index contributed by atoms with van der Waals surface area (Å²) in [6.07, 6.45) is 3.92. The van der Waals surface area contributed by atoms with Crippen LogP contribution in [0.2, 0.25) is 5.02 Å². The zero-order chi connectivity index (χ0) is 16.4. The van der Waals surface area contributed by atoms with Gasteiger partial charge in [0.2, 0.25) is 0 Å². The first-order chi connectivity index (χ1) is 11.0. The number of nitrogens with zero attached hydrogens (tertiary/aromatic N) is 1. The van der Waals surface area contributed by atoms with Gasteiger partial charge in [-0.05, 0) is 42.9 Å². The largest absolute Gasteiger partial charge is 0.481 e. The number of halogens is 1. The van der Waals surface area contributed by atoms with Crippen molar-refractivity contribution < 1.29 is 14.7 Å². The third kappa shape index (κ3) is 3.61. The summed E-state index contributed by atoms with van der Waals surface area (Å²) in [5, 5.41) is 12.8. The summed E-state index contributed by atoms with van der Waals surface area (Å²) in [4.78, 5) is 25.2. The number of urea groups is 1. The monoisotopic (exact) mass is 336 g/mol. The van der Waals surface area contributed by atoms with E-state index in [-0.39, 0.29) is 12.1 Å². The maximum Gasteiger partial charge on any atom is 0.317 e. The Labute approximate surface area is 140 Å². The van der Waals surface area contributed by atoms with E-state index >= 15 is 0 Å². The Morgan fingerprint density at radius 1 is 1.22 bits per heavy atom. The predicted octanol–water partition coefficient (Wildman–Crippen LogP) is 3.30. The molecule has 0 spiro atoms. The van der Waals surface area contributed by atoms with Gasteiger partial charge in [-0.3, -0.25) is 4.79 Å². The highest BCUT2D eigenvalue weighted by molar-refractivity contribution is 6.30. The smallest absolute Gasteiger partial charge is 0.317 e. The highest BCUT2D eigenvalue weighted by Gasteiger charge is 2.34. The van der Waals surface area contributed by atoms with E-state index in [1.807, 2.05) is 24.3 Å². The molecule has 1 heterocycles. The fourth-order valence-corrected chi connectivity index (χ4v) is 3.41. The number of amides is 2. The molecule has 2 fully saturated rings. The van der Waals surface area contributed by atoms with Crippen molar-refractivity contribution in [1.29, 1.82) is 0 Å². The SMILES string of the molecule is O=C(O)C1CCN(C(=O)NC(c2ccc(Cl)cc2)C2CCC2)C1. The second-order valence-electron chi connectivity index (χ2n) is 6.44. The Morgan fingerprint density at radius 2 is 1.91 bits per heavy atom. The van der Waals surface area contributed by atoms with E-state index in [9.17, 15) is 9.59 Å². The minimum absolute atomic E-state index is 0.0302. The van der Waals surface area contributed by atoms with Crippen molar-refractivity contribution in [3.05, 3.63) is 34.9 Å². The van der Waals surface area contributed by atoms with Gasteiger partial charge in [-0.1, -0.05) is 30.2 Å². The Bertz CT molecular complexity index is 586. The summed E-state index contributed by atoms with van der Waals surface area (Å²) in [6, 6.07) is 7.39. The first kappa shape index (κ1) is 16.1. The molecule has 2 N–H and O–H groups in total. The van der Waals surface area contributed by atoms with Crippen molar-refractivity contribution in [2.45, 2.75) is 31.7 Å². The van der Waals surface area contributed by atoms with Gasteiger partial charge in [0.15, 0.2) is 0 Å². The zero-order valence-electron chi connectivity index (χ0n) is 12.9.